The maximum absolute atomic E-state index is 13.0. The third-order valence-corrected chi connectivity index (χ3v) is 6.58. The number of anilines is 1. The van der Waals surface area contributed by atoms with Crippen LogP contribution in [-0.2, 0) is 14.8 Å². The van der Waals surface area contributed by atoms with Gasteiger partial charge in [-0.1, -0.05) is 77.8 Å². The van der Waals surface area contributed by atoms with Crippen LogP contribution >= 0.6 is 11.6 Å². The number of sulfonamides is 1. The fraction of sp³-hybridized carbons (Fsp3) is 0.208. The Morgan fingerprint density at radius 1 is 0.935 bits per heavy atom. The number of nitrogens with zero attached hydrogens (tertiary/aromatic N) is 1. The lowest BCUT2D eigenvalue weighted by Gasteiger charge is -2.26. The predicted octanol–water partition coefficient (Wildman–Crippen LogP) is 4.63. The highest BCUT2D eigenvalue weighted by molar-refractivity contribution is 7.92. The van der Waals surface area contributed by atoms with Crippen LogP contribution in [0.1, 0.15) is 28.3 Å². The molecule has 3 aromatic carbocycles. The zero-order chi connectivity index (χ0) is 22.6. The number of benzene rings is 3. The lowest BCUT2D eigenvalue weighted by atomic mass is 9.98. The van der Waals surface area contributed by atoms with Gasteiger partial charge in [0.25, 0.3) is 0 Å². The molecule has 1 unspecified atom stereocenters. The van der Waals surface area contributed by atoms with Crippen LogP contribution in [0.4, 0.5) is 5.69 Å². The van der Waals surface area contributed by atoms with Crippen molar-refractivity contribution in [3.8, 4) is 0 Å². The molecule has 1 atom stereocenters. The number of rotatable bonds is 7. The number of hydrogen-bond donors (Lipinski definition) is 1. The highest BCUT2D eigenvalue weighted by Gasteiger charge is 2.25. The van der Waals surface area contributed by atoms with Crippen molar-refractivity contribution in [2.24, 2.45) is 0 Å². The Labute approximate surface area is 188 Å². The highest BCUT2D eigenvalue weighted by Crippen LogP contribution is 2.28. The van der Waals surface area contributed by atoms with Gasteiger partial charge in [-0.3, -0.25) is 9.10 Å². The van der Waals surface area contributed by atoms with Crippen molar-refractivity contribution in [3.63, 3.8) is 0 Å². The first-order valence-electron chi connectivity index (χ1n) is 9.80. The largest absolute Gasteiger partial charge is 0.344 e. The van der Waals surface area contributed by atoms with Gasteiger partial charge in [0.05, 0.1) is 18.0 Å². The van der Waals surface area contributed by atoms with Gasteiger partial charge in [0.1, 0.15) is 6.54 Å². The van der Waals surface area contributed by atoms with Crippen LogP contribution in [0, 0.1) is 13.8 Å². The van der Waals surface area contributed by atoms with Gasteiger partial charge >= 0.3 is 0 Å². The molecule has 1 N–H and O–H groups in total. The quantitative estimate of drug-likeness (QED) is 0.563. The fourth-order valence-corrected chi connectivity index (χ4v) is 4.42. The first kappa shape index (κ1) is 22.8. The molecule has 3 rings (SSSR count). The van der Waals surface area contributed by atoms with Gasteiger partial charge in [-0.2, -0.15) is 0 Å². The van der Waals surface area contributed by atoms with Gasteiger partial charge in [-0.05, 0) is 42.7 Å². The van der Waals surface area contributed by atoms with E-state index in [1.165, 1.54) is 0 Å². The van der Waals surface area contributed by atoms with E-state index in [4.69, 9.17) is 11.6 Å². The monoisotopic (exact) mass is 456 g/mol. The van der Waals surface area contributed by atoms with Gasteiger partial charge in [-0.15, -0.1) is 0 Å². The number of amides is 1. The lowest BCUT2D eigenvalue weighted by Crippen LogP contribution is -2.42. The first-order chi connectivity index (χ1) is 14.7. The van der Waals surface area contributed by atoms with E-state index < -0.39 is 22.0 Å². The summed E-state index contributed by atoms with van der Waals surface area (Å²) >= 11 is 6.18. The van der Waals surface area contributed by atoms with Gasteiger partial charge in [0.15, 0.2) is 0 Å². The Morgan fingerprint density at radius 3 is 2.16 bits per heavy atom. The first-order valence-corrected chi connectivity index (χ1v) is 12.0. The van der Waals surface area contributed by atoms with Crippen LogP contribution in [0.3, 0.4) is 0 Å². The van der Waals surface area contributed by atoms with Crippen LogP contribution in [0.15, 0.2) is 72.8 Å². The molecule has 0 spiro atoms. The van der Waals surface area contributed by atoms with E-state index in [-0.39, 0.29) is 6.54 Å². The zero-order valence-electron chi connectivity index (χ0n) is 17.7. The average Bonchev–Trinajstić information content (AvgIpc) is 2.73. The second-order valence-corrected chi connectivity index (χ2v) is 9.79. The molecule has 5 nitrogen and oxygen atoms in total. The minimum Gasteiger partial charge on any atom is -0.344 e. The minimum absolute atomic E-state index is 0.352. The smallest absolute Gasteiger partial charge is 0.241 e. The van der Waals surface area contributed by atoms with Crippen molar-refractivity contribution in [2.75, 3.05) is 17.1 Å². The molecule has 0 aromatic heterocycles. The van der Waals surface area contributed by atoms with Gasteiger partial charge in [-0.25, -0.2) is 8.42 Å². The molecule has 7 heteroatoms. The van der Waals surface area contributed by atoms with Crippen molar-refractivity contribution in [1.82, 2.24) is 5.32 Å². The molecule has 31 heavy (non-hydrogen) atoms. The van der Waals surface area contributed by atoms with E-state index >= 15 is 0 Å². The summed E-state index contributed by atoms with van der Waals surface area (Å²) < 4.78 is 26.1. The van der Waals surface area contributed by atoms with Crippen LogP contribution in [0.5, 0.6) is 0 Å². The van der Waals surface area contributed by atoms with Gasteiger partial charge in [0, 0.05) is 5.02 Å². The summed E-state index contributed by atoms with van der Waals surface area (Å²) in [5.74, 6) is -0.417. The molecular weight excluding hydrogens is 432 g/mol. The maximum Gasteiger partial charge on any atom is 0.241 e. The molecule has 0 aliphatic carbocycles. The van der Waals surface area contributed by atoms with Crippen LogP contribution in [0.25, 0.3) is 0 Å². The van der Waals surface area contributed by atoms with Crippen LogP contribution < -0.4 is 9.62 Å². The van der Waals surface area contributed by atoms with Crippen molar-refractivity contribution in [2.45, 2.75) is 19.9 Å². The molecule has 0 aliphatic rings. The van der Waals surface area contributed by atoms with E-state index in [1.54, 1.807) is 25.1 Å². The number of nitrogens with one attached hydrogen (secondary N) is 1. The summed E-state index contributed by atoms with van der Waals surface area (Å²) in [6.07, 6.45) is 1.08. The molecule has 0 aliphatic heterocycles. The lowest BCUT2D eigenvalue weighted by molar-refractivity contribution is -0.120. The second kappa shape index (κ2) is 9.54. The van der Waals surface area contributed by atoms with E-state index in [0.717, 1.165) is 27.3 Å². The predicted molar refractivity (Wildman–Crippen MR) is 126 cm³/mol. The Bertz CT molecular complexity index is 1160. The number of carbonyl (C=O) groups excluding carboxylic acids is 1. The Kier molecular flexibility index (Phi) is 7.03. The Balaban J connectivity index is 1.91. The zero-order valence-corrected chi connectivity index (χ0v) is 19.2. The summed E-state index contributed by atoms with van der Waals surface area (Å²) in [5, 5.41) is 3.44. The maximum atomic E-state index is 13.0. The molecule has 0 radical (unpaired) electrons. The Morgan fingerprint density at radius 2 is 1.55 bits per heavy atom. The van der Waals surface area contributed by atoms with Crippen molar-refractivity contribution < 1.29 is 13.2 Å². The van der Waals surface area contributed by atoms with Crippen molar-refractivity contribution in [3.05, 3.63) is 100 Å². The molecule has 0 bridgehead atoms. The summed E-state index contributed by atoms with van der Waals surface area (Å²) in [6.45, 7) is 3.37. The van der Waals surface area contributed by atoms with E-state index in [9.17, 15) is 13.2 Å². The number of hydrogen-bond acceptors (Lipinski definition) is 3. The highest BCUT2D eigenvalue weighted by atomic mass is 35.5. The Hall–Kier alpha value is -2.83. The fourth-order valence-electron chi connectivity index (χ4n) is 3.35. The molecule has 0 fully saturated rings. The number of aryl methyl sites for hydroxylation is 1. The third kappa shape index (κ3) is 5.66. The summed E-state index contributed by atoms with van der Waals surface area (Å²) in [6, 6.07) is 22.0. The molecule has 0 heterocycles. The normalized spacial score (nSPS) is 12.3. The SMILES string of the molecule is Cc1ccc(C(NC(=O)CN(c2cccc(Cl)c2C)S(C)(=O)=O)c2ccccc2)cc1. The summed E-state index contributed by atoms with van der Waals surface area (Å²) in [4.78, 5) is 13.0. The van der Waals surface area contributed by atoms with Crippen molar-refractivity contribution in [1.29, 1.82) is 0 Å². The van der Waals surface area contributed by atoms with Gasteiger partial charge in [0.2, 0.25) is 15.9 Å². The van der Waals surface area contributed by atoms with E-state index in [1.807, 2.05) is 61.5 Å². The third-order valence-electron chi connectivity index (χ3n) is 5.04. The molecule has 1 amide bonds. The molecule has 0 saturated heterocycles. The average molecular weight is 457 g/mol. The molecule has 0 saturated carbocycles. The van der Waals surface area contributed by atoms with E-state index in [0.29, 0.717) is 16.3 Å². The molecule has 3 aromatic rings. The standard InChI is InChI=1S/C24H25ClN2O3S/c1-17-12-14-20(15-13-17)24(19-8-5-4-6-9-19)26-23(28)16-27(31(3,29)30)22-11-7-10-21(25)18(22)2/h4-15,24H,16H2,1-3H3,(H,26,28). The second-order valence-electron chi connectivity index (χ2n) is 7.48. The van der Waals surface area contributed by atoms with E-state index in [2.05, 4.69) is 5.32 Å². The van der Waals surface area contributed by atoms with Gasteiger partial charge < -0.3 is 5.32 Å². The summed E-state index contributed by atoms with van der Waals surface area (Å²) in [5.41, 5.74) is 3.92. The number of halogens is 1. The van der Waals surface area contributed by atoms with Crippen LogP contribution in [0.2, 0.25) is 5.02 Å². The van der Waals surface area contributed by atoms with Crippen molar-refractivity contribution >= 4 is 33.2 Å². The topological polar surface area (TPSA) is 66.5 Å². The number of carbonyl (C=O) groups is 1. The van der Waals surface area contributed by atoms with Crippen LogP contribution in [-0.4, -0.2) is 27.1 Å². The minimum atomic E-state index is -3.71. The molecular formula is C24H25ClN2O3S. The summed E-state index contributed by atoms with van der Waals surface area (Å²) in [7, 11) is -3.71. The molecule has 162 valence electrons.